The van der Waals surface area contributed by atoms with E-state index in [1.54, 1.807) is 7.11 Å². The Hall–Kier alpha value is -2.04. The van der Waals surface area contributed by atoms with Crippen molar-refractivity contribution in [1.82, 2.24) is 10.6 Å². The number of para-hydroxylation sites is 1. The molecule has 5 nitrogen and oxygen atoms in total. The van der Waals surface area contributed by atoms with Gasteiger partial charge < -0.3 is 15.4 Å². The Balaban J connectivity index is 2.26. The molecule has 0 aliphatic rings. The predicted octanol–water partition coefficient (Wildman–Crippen LogP) is 0.880. The molecule has 0 atom stereocenters. The summed E-state index contributed by atoms with van der Waals surface area (Å²) in [5, 5.41) is 5.39. The molecule has 0 radical (unpaired) electrons. The average molecular weight is 264 g/mol. The molecular weight excluding hydrogens is 244 g/mol. The van der Waals surface area contributed by atoms with Crippen molar-refractivity contribution in [2.45, 2.75) is 19.8 Å². The zero-order valence-corrected chi connectivity index (χ0v) is 11.4. The highest BCUT2D eigenvalue weighted by atomic mass is 16.5. The molecule has 0 saturated carbocycles. The molecule has 0 heterocycles. The maximum Gasteiger partial charge on any atom is 0.221 e. The van der Waals surface area contributed by atoms with Crippen molar-refractivity contribution in [3.63, 3.8) is 0 Å². The Morgan fingerprint density at radius 3 is 2.58 bits per heavy atom. The number of hydrogen-bond donors (Lipinski definition) is 2. The topological polar surface area (TPSA) is 67.4 Å². The van der Waals surface area contributed by atoms with Gasteiger partial charge >= 0.3 is 0 Å². The molecule has 104 valence electrons. The molecular formula is C14H20N2O3. The summed E-state index contributed by atoms with van der Waals surface area (Å²) in [5.41, 5.74) is 1.06. The van der Waals surface area contributed by atoms with Gasteiger partial charge in [-0.2, -0.15) is 0 Å². The van der Waals surface area contributed by atoms with Gasteiger partial charge in [-0.25, -0.2) is 0 Å². The van der Waals surface area contributed by atoms with Crippen LogP contribution in [0.1, 0.15) is 18.9 Å². The van der Waals surface area contributed by atoms with Gasteiger partial charge in [0.05, 0.1) is 7.11 Å². The third-order valence-corrected chi connectivity index (χ3v) is 2.64. The van der Waals surface area contributed by atoms with Crippen LogP contribution in [0.25, 0.3) is 0 Å². The van der Waals surface area contributed by atoms with E-state index in [1.165, 1.54) is 6.92 Å². The first-order chi connectivity index (χ1) is 9.13. The normalized spacial score (nSPS) is 9.79. The maximum atomic E-state index is 11.5. The molecule has 0 bridgehead atoms. The molecule has 19 heavy (non-hydrogen) atoms. The van der Waals surface area contributed by atoms with E-state index in [0.29, 0.717) is 19.5 Å². The lowest BCUT2D eigenvalue weighted by Gasteiger charge is -2.09. The van der Waals surface area contributed by atoms with Gasteiger partial charge in [0.25, 0.3) is 0 Å². The SMILES string of the molecule is COc1ccccc1CCNC(=O)CCNC(C)=O. The summed E-state index contributed by atoms with van der Waals surface area (Å²) in [6.45, 7) is 2.36. The Kier molecular flexibility index (Phi) is 6.43. The molecule has 0 aromatic heterocycles. The highest BCUT2D eigenvalue weighted by Crippen LogP contribution is 2.17. The molecule has 5 heteroatoms. The molecule has 1 rings (SSSR count). The number of ether oxygens (including phenoxy) is 1. The van der Waals surface area contributed by atoms with Crippen molar-refractivity contribution in [2.24, 2.45) is 0 Å². The van der Waals surface area contributed by atoms with Crippen LogP contribution in [0.15, 0.2) is 24.3 Å². The number of carbonyl (C=O) groups excluding carboxylic acids is 2. The van der Waals surface area contributed by atoms with Crippen LogP contribution in [-0.2, 0) is 16.0 Å². The summed E-state index contributed by atoms with van der Waals surface area (Å²) in [6.07, 6.45) is 1.02. The van der Waals surface area contributed by atoms with Crippen LogP contribution >= 0.6 is 0 Å². The third kappa shape index (κ3) is 5.90. The van der Waals surface area contributed by atoms with Crippen LogP contribution in [-0.4, -0.2) is 32.0 Å². The number of rotatable bonds is 7. The van der Waals surface area contributed by atoms with Crippen LogP contribution in [0.2, 0.25) is 0 Å². The van der Waals surface area contributed by atoms with Crippen LogP contribution in [0.3, 0.4) is 0 Å². The molecule has 1 aromatic carbocycles. The number of amides is 2. The summed E-state index contributed by atoms with van der Waals surface area (Å²) in [7, 11) is 1.63. The van der Waals surface area contributed by atoms with Crippen LogP contribution in [0.4, 0.5) is 0 Å². The first-order valence-electron chi connectivity index (χ1n) is 6.26. The van der Waals surface area contributed by atoms with E-state index in [-0.39, 0.29) is 11.8 Å². The molecule has 0 aliphatic carbocycles. The minimum Gasteiger partial charge on any atom is -0.496 e. The predicted molar refractivity (Wildman–Crippen MR) is 73.0 cm³/mol. The lowest BCUT2D eigenvalue weighted by molar-refractivity contribution is -0.121. The summed E-state index contributed by atoms with van der Waals surface area (Å²) >= 11 is 0. The zero-order chi connectivity index (χ0) is 14.1. The van der Waals surface area contributed by atoms with Gasteiger partial charge in [0.1, 0.15) is 5.75 Å². The van der Waals surface area contributed by atoms with Gasteiger partial charge in [-0.15, -0.1) is 0 Å². The fourth-order valence-electron chi connectivity index (χ4n) is 1.69. The van der Waals surface area contributed by atoms with Crippen molar-refractivity contribution in [2.75, 3.05) is 20.2 Å². The number of nitrogens with one attached hydrogen (secondary N) is 2. The highest BCUT2D eigenvalue weighted by molar-refractivity contribution is 5.77. The molecule has 0 aliphatic heterocycles. The van der Waals surface area contributed by atoms with Gasteiger partial charge in [-0.05, 0) is 18.1 Å². The quantitative estimate of drug-likeness (QED) is 0.768. The largest absolute Gasteiger partial charge is 0.496 e. The van der Waals surface area contributed by atoms with Gasteiger partial charge in [-0.1, -0.05) is 18.2 Å². The third-order valence-electron chi connectivity index (χ3n) is 2.64. The van der Waals surface area contributed by atoms with E-state index in [0.717, 1.165) is 17.7 Å². The monoisotopic (exact) mass is 264 g/mol. The summed E-state index contributed by atoms with van der Waals surface area (Å²) < 4.78 is 5.23. The first kappa shape index (κ1) is 15.0. The van der Waals surface area contributed by atoms with Crippen molar-refractivity contribution in [3.05, 3.63) is 29.8 Å². The molecule has 0 spiro atoms. The fraction of sp³-hybridized carbons (Fsp3) is 0.429. The number of benzene rings is 1. The second-order valence-corrected chi connectivity index (χ2v) is 4.14. The number of carbonyl (C=O) groups is 2. The van der Waals surface area contributed by atoms with Crippen molar-refractivity contribution >= 4 is 11.8 Å². The van der Waals surface area contributed by atoms with E-state index < -0.39 is 0 Å². The van der Waals surface area contributed by atoms with E-state index >= 15 is 0 Å². The Morgan fingerprint density at radius 1 is 1.16 bits per heavy atom. The van der Waals surface area contributed by atoms with Crippen molar-refractivity contribution < 1.29 is 14.3 Å². The molecule has 0 unspecified atom stereocenters. The van der Waals surface area contributed by atoms with E-state index in [4.69, 9.17) is 4.74 Å². The summed E-state index contributed by atoms with van der Waals surface area (Å²) in [5.74, 6) is 0.639. The summed E-state index contributed by atoms with van der Waals surface area (Å²) in [6, 6.07) is 7.72. The molecule has 2 amide bonds. The average Bonchev–Trinajstić information content (AvgIpc) is 2.39. The minimum atomic E-state index is -0.123. The summed E-state index contributed by atoms with van der Waals surface area (Å²) in [4.78, 5) is 22.1. The molecule has 2 N–H and O–H groups in total. The van der Waals surface area contributed by atoms with Gasteiger partial charge in [0.2, 0.25) is 11.8 Å². The molecule has 1 aromatic rings. The van der Waals surface area contributed by atoms with Crippen LogP contribution in [0.5, 0.6) is 5.75 Å². The van der Waals surface area contributed by atoms with E-state index in [2.05, 4.69) is 10.6 Å². The minimum absolute atomic E-state index is 0.0661. The van der Waals surface area contributed by atoms with E-state index in [9.17, 15) is 9.59 Å². The van der Waals surface area contributed by atoms with Gasteiger partial charge in [0.15, 0.2) is 0 Å². The van der Waals surface area contributed by atoms with Crippen LogP contribution in [0, 0.1) is 0 Å². The Morgan fingerprint density at radius 2 is 1.89 bits per heavy atom. The smallest absolute Gasteiger partial charge is 0.221 e. The highest BCUT2D eigenvalue weighted by Gasteiger charge is 2.04. The number of hydrogen-bond acceptors (Lipinski definition) is 3. The second kappa shape index (κ2) is 8.13. The standard InChI is InChI=1S/C14H20N2O3/c1-11(17)15-10-8-14(18)16-9-7-12-5-3-4-6-13(12)19-2/h3-6H,7-10H2,1-2H3,(H,15,17)(H,16,18). The molecule has 0 saturated heterocycles. The zero-order valence-electron chi connectivity index (χ0n) is 11.4. The molecule has 0 fully saturated rings. The fourth-order valence-corrected chi connectivity index (χ4v) is 1.69. The lowest BCUT2D eigenvalue weighted by Crippen LogP contribution is -2.30. The second-order valence-electron chi connectivity index (χ2n) is 4.14. The first-order valence-corrected chi connectivity index (χ1v) is 6.26. The van der Waals surface area contributed by atoms with Gasteiger partial charge in [-0.3, -0.25) is 9.59 Å². The lowest BCUT2D eigenvalue weighted by atomic mass is 10.1. The van der Waals surface area contributed by atoms with Gasteiger partial charge in [0, 0.05) is 26.4 Å². The van der Waals surface area contributed by atoms with Crippen molar-refractivity contribution in [1.29, 1.82) is 0 Å². The van der Waals surface area contributed by atoms with E-state index in [1.807, 2.05) is 24.3 Å². The Labute approximate surface area is 113 Å². The van der Waals surface area contributed by atoms with Crippen LogP contribution < -0.4 is 15.4 Å². The van der Waals surface area contributed by atoms with Crippen molar-refractivity contribution in [3.8, 4) is 5.75 Å². The number of methoxy groups -OCH3 is 1. The Bertz CT molecular complexity index is 432. The maximum absolute atomic E-state index is 11.5.